The molecule has 1 amide bonds. The van der Waals surface area contributed by atoms with Crippen LogP contribution in [0.25, 0.3) is 0 Å². The normalized spacial score (nSPS) is 12.2. The van der Waals surface area contributed by atoms with E-state index in [0.29, 0.717) is 23.7 Å². The van der Waals surface area contributed by atoms with Gasteiger partial charge in [-0.15, -0.1) is 0 Å². The van der Waals surface area contributed by atoms with E-state index < -0.39 is 12.0 Å². The number of carbonyl (C=O) groups excluding carboxylic acids is 1. The first-order valence-corrected chi connectivity index (χ1v) is 5.39. The quantitative estimate of drug-likeness (QED) is 0.667. The van der Waals surface area contributed by atoms with E-state index in [2.05, 4.69) is 10.6 Å². The van der Waals surface area contributed by atoms with Crippen LogP contribution in [0.3, 0.4) is 0 Å². The van der Waals surface area contributed by atoms with Crippen LogP contribution in [0.4, 0.5) is 0 Å². The SMILES string of the molecule is CNCCNC(=O)[C@@H](O)c1cccc(Cl)c1. The minimum atomic E-state index is -1.17. The number of aliphatic hydroxyl groups is 1. The largest absolute Gasteiger partial charge is 0.378 e. The highest BCUT2D eigenvalue weighted by Crippen LogP contribution is 2.17. The summed E-state index contributed by atoms with van der Waals surface area (Å²) in [6.45, 7) is 1.14. The lowest BCUT2D eigenvalue weighted by Gasteiger charge is -2.11. The molecular weight excluding hydrogens is 228 g/mol. The molecule has 0 unspecified atom stereocenters. The van der Waals surface area contributed by atoms with Gasteiger partial charge < -0.3 is 15.7 Å². The Morgan fingerprint density at radius 1 is 1.50 bits per heavy atom. The van der Waals surface area contributed by atoms with E-state index in [1.54, 1.807) is 31.3 Å². The van der Waals surface area contributed by atoms with Crippen LogP contribution in [0.15, 0.2) is 24.3 Å². The van der Waals surface area contributed by atoms with Crippen LogP contribution in [-0.2, 0) is 4.79 Å². The van der Waals surface area contributed by atoms with E-state index in [4.69, 9.17) is 11.6 Å². The third-order valence-corrected chi connectivity index (χ3v) is 2.32. The molecule has 0 saturated heterocycles. The number of aliphatic hydroxyl groups excluding tert-OH is 1. The lowest BCUT2D eigenvalue weighted by Crippen LogP contribution is -2.34. The first-order valence-electron chi connectivity index (χ1n) is 5.01. The van der Waals surface area contributed by atoms with Crippen LogP contribution in [0.2, 0.25) is 5.02 Å². The number of amides is 1. The molecule has 1 rings (SSSR count). The third kappa shape index (κ3) is 3.81. The fourth-order valence-corrected chi connectivity index (χ4v) is 1.43. The molecule has 1 aromatic rings. The van der Waals surface area contributed by atoms with Gasteiger partial charge in [-0.05, 0) is 24.7 Å². The molecule has 0 aliphatic heterocycles. The van der Waals surface area contributed by atoms with Gasteiger partial charge >= 0.3 is 0 Å². The average Bonchev–Trinajstić information content (AvgIpc) is 2.28. The molecule has 0 aliphatic rings. The van der Waals surface area contributed by atoms with Crippen molar-refractivity contribution in [2.45, 2.75) is 6.10 Å². The van der Waals surface area contributed by atoms with Gasteiger partial charge in [0.25, 0.3) is 5.91 Å². The molecule has 1 atom stereocenters. The van der Waals surface area contributed by atoms with Gasteiger partial charge in [0.1, 0.15) is 0 Å². The topological polar surface area (TPSA) is 61.4 Å². The summed E-state index contributed by atoms with van der Waals surface area (Å²) in [5.41, 5.74) is 0.495. The Balaban J connectivity index is 2.56. The Hall–Kier alpha value is -1.10. The number of nitrogens with one attached hydrogen (secondary N) is 2. The molecule has 16 heavy (non-hydrogen) atoms. The number of benzene rings is 1. The molecule has 0 aromatic heterocycles. The summed E-state index contributed by atoms with van der Waals surface area (Å²) >= 11 is 5.77. The molecule has 0 radical (unpaired) electrons. The zero-order chi connectivity index (χ0) is 12.0. The van der Waals surface area contributed by atoms with Gasteiger partial charge in [-0.2, -0.15) is 0 Å². The predicted molar refractivity (Wildman–Crippen MR) is 63.3 cm³/mol. The third-order valence-electron chi connectivity index (χ3n) is 2.09. The van der Waals surface area contributed by atoms with Crippen molar-refractivity contribution < 1.29 is 9.90 Å². The van der Waals surface area contributed by atoms with Crippen LogP contribution in [0, 0.1) is 0 Å². The molecule has 0 spiro atoms. The van der Waals surface area contributed by atoms with Crippen molar-refractivity contribution in [3.63, 3.8) is 0 Å². The Morgan fingerprint density at radius 3 is 2.88 bits per heavy atom. The molecule has 88 valence electrons. The zero-order valence-electron chi connectivity index (χ0n) is 9.03. The number of halogens is 1. The highest BCUT2D eigenvalue weighted by molar-refractivity contribution is 6.30. The van der Waals surface area contributed by atoms with Crippen molar-refractivity contribution in [1.82, 2.24) is 10.6 Å². The molecule has 0 bridgehead atoms. The summed E-state index contributed by atoms with van der Waals surface area (Å²) in [7, 11) is 1.79. The van der Waals surface area contributed by atoms with Crippen molar-refractivity contribution in [3.05, 3.63) is 34.9 Å². The molecule has 0 saturated carbocycles. The smallest absolute Gasteiger partial charge is 0.253 e. The average molecular weight is 243 g/mol. The van der Waals surface area contributed by atoms with E-state index in [1.807, 2.05) is 0 Å². The van der Waals surface area contributed by atoms with E-state index in [-0.39, 0.29) is 0 Å². The van der Waals surface area contributed by atoms with Crippen LogP contribution in [-0.4, -0.2) is 31.2 Å². The van der Waals surface area contributed by atoms with Gasteiger partial charge in [0, 0.05) is 18.1 Å². The molecule has 3 N–H and O–H groups in total. The first kappa shape index (κ1) is 13.0. The van der Waals surface area contributed by atoms with Gasteiger partial charge in [-0.25, -0.2) is 0 Å². The second-order valence-electron chi connectivity index (χ2n) is 3.35. The molecule has 4 nitrogen and oxygen atoms in total. The predicted octanol–water partition coefficient (Wildman–Crippen LogP) is 0.709. The van der Waals surface area contributed by atoms with Crippen molar-refractivity contribution in [2.75, 3.05) is 20.1 Å². The van der Waals surface area contributed by atoms with E-state index in [9.17, 15) is 9.90 Å². The van der Waals surface area contributed by atoms with Gasteiger partial charge in [-0.1, -0.05) is 23.7 Å². The van der Waals surface area contributed by atoms with E-state index in [0.717, 1.165) is 0 Å². The van der Waals surface area contributed by atoms with E-state index in [1.165, 1.54) is 0 Å². The summed E-state index contributed by atoms with van der Waals surface area (Å²) in [5.74, 6) is -0.419. The summed E-state index contributed by atoms with van der Waals surface area (Å²) in [5, 5.41) is 15.7. The van der Waals surface area contributed by atoms with Gasteiger partial charge in [0.15, 0.2) is 6.10 Å². The fraction of sp³-hybridized carbons (Fsp3) is 0.364. The minimum Gasteiger partial charge on any atom is -0.378 e. The fourth-order valence-electron chi connectivity index (χ4n) is 1.24. The lowest BCUT2D eigenvalue weighted by molar-refractivity contribution is -0.129. The summed E-state index contributed by atoms with van der Waals surface area (Å²) in [6.07, 6.45) is -1.17. The van der Waals surface area contributed by atoms with Crippen molar-refractivity contribution in [1.29, 1.82) is 0 Å². The molecular formula is C11H15ClN2O2. The second-order valence-corrected chi connectivity index (χ2v) is 3.79. The molecule has 0 fully saturated rings. The van der Waals surface area contributed by atoms with E-state index >= 15 is 0 Å². The highest BCUT2D eigenvalue weighted by Gasteiger charge is 2.16. The standard InChI is InChI=1S/C11H15ClN2O2/c1-13-5-6-14-11(16)10(15)8-3-2-4-9(12)7-8/h2-4,7,10,13,15H,5-6H2,1H3,(H,14,16)/t10-/m0/s1. The van der Waals surface area contributed by atoms with Crippen LogP contribution >= 0.6 is 11.6 Å². The van der Waals surface area contributed by atoms with Crippen molar-refractivity contribution in [3.8, 4) is 0 Å². The Labute approximate surface area is 99.6 Å². The Kier molecular flexibility index (Phi) is 5.25. The van der Waals surface area contributed by atoms with Crippen LogP contribution in [0.1, 0.15) is 11.7 Å². The molecule has 0 aliphatic carbocycles. The van der Waals surface area contributed by atoms with Crippen molar-refractivity contribution >= 4 is 17.5 Å². The first-order chi connectivity index (χ1) is 7.65. The Bertz CT molecular complexity index is 358. The minimum absolute atomic E-state index is 0.419. The van der Waals surface area contributed by atoms with Gasteiger partial charge in [0.05, 0.1) is 0 Å². The molecule has 5 heteroatoms. The maximum absolute atomic E-state index is 11.5. The molecule has 1 aromatic carbocycles. The number of rotatable bonds is 5. The monoisotopic (exact) mass is 242 g/mol. The van der Waals surface area contributed by atoms with Crippen LogP contribution < -0.4 is 10.6 Å². The summed E-state index contributed by atoms with van der Waals surface area (Å²) in [6, 6.07) is 6.62. The number of hydrogen-bond donors (Lipinski definition) is 3. The lowest BCUT2D eigenvalue weighted by atomic mass is 10.1. The maximum Gasteiger partial charge on any atom is 0.253 e. The Morgan fingerprint density at radius 2 is 2.25 bits per heavy atom. The van der Waals surface area contributed by atoms with Gasteiger partial charge in [0.2, 0.25) is 0 Å². The molecule has 0 heterocycles. The second kappa shape index (κ2) is 6.48. The van der Waals surface area contributed by atoms with Crippen molar-refractivity contribution in [2.24, 2.45) is 0 Å². The highest BCUT2D eigenvalue weighted by atomic mass is 35.5. The summed E-state index contributed by atoms with van der Waals surface area (Å²) < 4.78 is 0. The number of carbonyl (C=O) groups is 1. The zero-order valence-corrected chi connectivity index (χ0v) is 9.79. The number of hydrogen-bond acceptors (Lipinski definition) is 3. The summed E-state index contributed by atoms with van der Waals surface area (Å²) in [4.78, 5) is 11.5. The van der Waals surface area contributed by atoms with Gasteiger partial charge in [-0.3, -0.25) is 4.79 Å². The van der Waals surface area contributed by atoms with Crippen LogP contribution in [0.5, 0.6) is 0 Å². The number of likely N-dealkylation sites (N-methyl/N-ethyl adjacent to an activating group) is 1. The maximum atomic E-state index is 11.5.